The molecule has 0 amide bonds. The molecule has 0 aromatic rings. The summed E-state index contributed by atoms with van der Waals surface area (Å²) in [6.45, 7) is 3.91. The number of aliphatic hydroxyl groups excluding tert-OH is 2. The van der Waals surface area contributed by atoms with Crippen LogP contribution in [-0.4, -0.2) is 34.9 Å². The van der Waals surface area contributed by atoms with Crippen LogP contribution in [0.3, 0.4) is 0 Å². The minimum atomic E-state index is -1.08. The Morgan fingerprint density at radius 1 is 1.24 bits per heavy atom. The van der Waals surface area contributed by atoms with Gasteiger partial charge in [-0.3, -0.25) is 4.79 Å². The number of hydrogen-bond acceptors (Lipinski definition) is 5. The lowest BCUT2D eigenvalue weighted by Gasteiger charge is -2.58. The molecule has 0 aromatic carbocycles. The molecule has 0 bridgehead atoms. The van der Waals surface area contributed by atoms with Crippen molar-refractivity contribution in [1.82, 2.24) is 0 Å². The van der Waals surface area contributed by atoms with Crippen LogP contribution in [0, 0.1) is 34.5 Å². The molecule has 0 aromatic heterocycles. The molecular weight excluding hydrogens is 320 g/mol. The van der Waals surface area contributed by atoms with Crippen LogP contribution in [0.15, 0.2) is 11.6 Å². The van der Waals surface area contributed by atoms with Crippen molar-refractivity contribution in [2.45, 2.75) is 58.7 Å². The minimum Gasteiger partial charge on any atom is -0.432 e. The summed E-state index contributed by atoms with van der Waals surface area (Å²) >= 11 is 0. The van der Waals surface area contributed by atoms with Crippen LogP contribution in [0.4, 0.5) is 0 Å². The van der Waals surface area contributed by atoms with Crippen LogP contribution >= 0.6 is 0 Å². The number of ether oxygens (including phenoxy) is 1. The maximum absolute atomic E-state index is 12.3. The van der Waals surface area contributed by atoms with Gasteiger partial charge in [0.1, 0.15) is 6.61 Å². The fourth-order valence-corrected chi connectivity index (χ4v) is 6.88. The average Bonchev–Trinajstić information content (AvgIpc) is 2.93. The number of rotatable bonds is 2. The molecule has 138 valence electrons. The van der Waals surface area contributed by atoms with E-state index in [0.717, 1.165) is 44.1 Å². The first kappa shape index (κ1) is 17.2. The molecule has 3 saturated carbocycles. The molecule has 3 fully saturated rings. The van der Waals surface area contributed by atoms with Crippen molar-refractivity contribution >= 4 is 11.8 Å². The third-order valence-electron chi connectivity index (χ3n) is 8.22. The molecule has 1 heterocycles. The third-order valence-corrected chi connectivity index (χ3v) is 8.22. The average molecular weight is 348 g/mol. The molecule has 2 N–H and O–H groups in total. The summed E-state index contributed by atoms with van der Waals surface area (Å²) in [4.78, 5) is 24.0. The first-order valence-corrected chi connectivity index (χ1v) is 9.55. The quantitative estimate of drug-likeness (QED) is 0.748. The van der Waals surface area contributed by atoms with Gasteiger partial charge in [-0.05, 0) is 68.6 Å². The zero-order chi connectivity index (χ0) is 18.0. The highest BCUT2D eigenvalue weighted by Crippen LogP contribution is 2.66. The van der Waals surface area contributed by atoms with E-state index >= 15 is 0 Å². The van der Waals surface area contributed by atoms with Gasteiger partial charge in [0, 0.05) is 12.0 Å². The number of Topliss-reactive ketones (excluding diaryl/α,β-unsaturated/α-hetero) is 1. The standard InChI is InChI=1S/C20H28O5/c1-19-8-7-14-12(13(19)5-6-15(19)16(22)10-21)4-3-11-9-17(23)25-18(24)20(11,14)2/h9,12-15,18,21,24H,3-8,10H2,1-2H3/t12-,13-,14-,15+,18?,19-,20-/m0/s1. The van der Waals surface area contributed by atoms with Crippen molar-refractivity contribution < 1.29 is 24.5 Å². The van der Waals surface area contributed by atoms with E-state index < -0.39 is 17.7 Å². The van der Waals surface area contributed by atoms with Crippen LogP contribution < -0.4 is 0 Å². The van der Waals surface area contributed by atoms with Crippen molar-refractivity contribution in [3.63, 3.8) is 0 Å². The fourth-order valence-electron chi connectivity index (χ4n) is 6.88. The van der Waals surface area contributed by atoms with Crippen molar-refractivity contribution in [3.8, 4) is 0 Å². The predicted octanol–water partition coefficient (Wildman–Crippen LogP) is 2.21. The number of fused-ring (bicyclic) bond motifs is 5. The van der Waals surface area contributed by atoms with Crippen molar-refractivity contribution in [1.29, 1.82) is 0 Å². The van der Waals surface area contributed by atoms with Gasteiger partial charge in [0.05, 0.1) is 5.41 Å². The summed E-state index contributed by atoms with van der Waals surface area (Å²) < 4.78 is 5.17. The summed E-state index contributed by atoms with van der Waals surface area (Å²) in [6.07, 6.45) is 6.06. The number of cyclic esters (lactones) is 1. The number of hydrogen-bond donors (Lipinski definition) is 2. The second-order valence-corrected chi connectivity index (χ2v) is 8.96. The first-order chi connectivity index (χ1) is 11.8. The summed E-state index contributed by atoms with van der Waals surface area (Å²) in [5, 5.41) is 19.9. The molecule has 7 atom stereocenters. The second-order valence-electron chi connectivity index (χ2n) is 8.96. The maximum Gasteiger partial charge on any atom is 0.333 e. The van der Waals surface area contributed by atoms with E-state index in [1.807, 2.05) is 6.92 Å². The van der Waals surface area contributed by atoms with Gasteiger partial charge in [0.2, 0.25) is 6.29 Å². The molecule has 4 rings (SSSR count). The Morgan fingerprint density at radius 3 is 2.72 bits per heavy atom. The molecule has 1 unspecified atom stereocenters. The third kappa shape index (κ3) is 2.21. The number of aliphatic hydroxyl groups is 2. The topological polar surface area (TPSA) is 83.8 Å². The van der Waals surface area contributed by atoms with Gasteiger partial charge in [-0.2, -0.15) is 0 Å². The molecule has 25 heavy (non-hydrogen) atoms. The van der Waals surface area contributed by atoms with Crippen molar-refractivity contribution in [2.75, 3.05) is 6.61 Å². The van der Waals surface area contributed by atoms with Gasteiger partial charge in [0.25, 0.3) is 0 Å². The zero-order valence-electron chi connectivity index (χ0n) is 15.0. The first-order valence-electron chi connectivity index (χ1n) is 9.55. The summed E-state index contributed by atoms with van der Waals surface area (Å²) in [5.41, 5.74) is 0.480. The summed E-state index contributed by atoms with van der Waals surface area (Å²) in [5.74, 6) is 0.656. The monoisotopic (exact) mass is 348 g/mol. The van der Waals surface area contributed by atoms with Gasteiger partial charge < -0.3 is 14.9 Å². The van der Waals surface area contributed by atoms with Gasteiger partial charge in [-0.25, -0.2) is 4.79 Å². The van der Waals surface area contributed by atoms with Crippen LogP contribution in [0.5, 0.6) is 0 Å². The molecule has 0 radical (unpaired) electrons. The summed E-state index contributed by atoms with van der Waals surface area (Å²) in [7, 11) is 0. The lowest BCUT2D eigenvalue weighted by atomic mass is 9.47. The molecule has 0 spiro atoms. The van der Waals surface area contributed by atoms with E-state index in [2.05, 4.69) is 6.92 Å². The Bertz CT molecular complexity index is 640. The highest BCUT2D eigenvalue weighted by Gasteiger charge is 2.62. The lowest BCUT2D eigenvalue weighted by Crippen LogP contribution is -2.56. The van der Waals surface area contributed by atoms with Crippen molar-refractivity contribution in [2.24, 2.45) is 34.5 Å². The minimum absolute atomic E-state index is 0.0160. The lowest BCUT2D eigenvalue weighted by molar-refractivity contribution is -0.209. The predicted molar refractivity (Wildman–Crippen MR) is 90.2 cm³/mol. The number of ketones is 1. The zero-order valence-corrected chi connectivity index (χ0v) is 15.0. The Kier molecular flexibility index (Phi) is 3.89. The Balaban J connectivity index is 1.67. The Hall–Kier alpha value is -1.20. The van der Waals surface area contributed by atoms with Crippen LogP contribution in [0.1, 0.15) is 52.4 Å². The largest absolute Gasteiger partial charge is 0.432 e. The van der Waals surface area contributed by atoms with E-state index in [9.17, 15) is 19.8 Å². The smallest absolute Gasteiger partial charge is 0.333 e. The van der Waals surface area contributed by atoms with Crippen LogP contribution in [0.25, 0.3) is 0 Å². The number of esters is 1. The van der Waals surface area contributed by atoms with Crippen LogP contribution in [-0.2, 0) is 14.3 Å². The van der Waals surface area contributed by atoms with Crippen molar-refractivity contribution in [3.05, 3.63) is 11.6 Å². The number of carbonyl (C=O) groups is 2. The molecular formula is C20H28O5. The van der Waals surface area contributed by atoms with Crippen LogP contribution in [0.2, 0.25) is 0 Å². The normalized spacial score (nSPS) is 48.7. The summed E-state index contributed by atoms with van der Waals surface area (Å²) in [6, 6.07) is 0. The Morgan fingerprint density at radius 2 is 2.00 bits per heavy atom. The molecule has 4 aliphatic rings. The highest BCUT2D eigenvalue weighted by molar-refractivity contribution is 5.84. The second kappa shape index (κ2) is 5.65. The molecule has 5 heteroatoms. The SMILES string of the molecule is C[C@]12CC[C@H]3[C@@H](CCC4=CC(=O)OC(O)[C@@]43C)[C@@H]1CC[C@@H]2C(=O)CO. The highest BCUT2D eigenvalue weighted by atomic mass is 16.6. The van der Waals surface area contributed by atoms with Gasteiger partial charge >= 0.3 is 5.97 Å². The molecule has 0 saturated heterocycles. The molecule has 3 aliphatic carbocycles. The van der Waals surface area contributed by atoms with E-state index in [1.165, 1.54) is 0 Å². The van der Waals surface area contributed by atoms with E-state index in [1.54, 1.807) is 6.08 Å². The van der Waals surface area contributed by atoms with Gasteiger partial charge in [0.15, 0.2) is 5.78 Å². The fraction of sp³-hybridized carbons (Fsp3) is 0.800. The van der Waals surface area contributed by atoms with Gasteiger partial charge in [-0.1, -0.05) is 12.5 Å². The van der Waals surface area contributed by atoms with E-state index in [4.69, 9.17) is 4.74 Å². The Labute approximate surface area is 148 Å². The molecule has 5 nitrogen and oxygen atoms in total. The van der Waals surface area contributed by atoms with E-state index in [-0.39, 0.29) is 29.6 Å². The molecule has 1 aliphatic heterocycles. The van der Waals surface area contributed by atoms with E-state index in [0.29, 0.717) is 11.8 Å². The van der Waals surface area contributed by atoms with Gasteiger partial charge in [-0.15, -0.1) is 0 Å². The maximum atomic E-state index is 12.3. The number of carbonyl (C=O) groups excluding carboxylic acids is 2.